The van der Waals surface area contributed by atoms with Crippen molar-refractivity contribution in [2.24, 2.45) is 11.6 Å². The second kappa shape index (κ2) is 3.27. The Morgan fingerprint density at radius 1 is 1.60 bits per heavy atom. The Bertz CT molecular complexity index is 111. The van der Waals surface area contributed by atoms with Gasteiger partial charge in [0.25, 0.3) is 0 Å². The molecule has 5 heteroatoms. The van der Waals surface area contributed by atoms with Crippen molar-refractivity contribution in [1.29, 1.82) is 0 Å². The molecule has 1 aliphatic rings. The number of methoxy groups -OCH3 is 1. The van der Waals surface area contributed by atoms with E-state index in [1.54, 1.807) is 7.11 Å². The minimum atomic E-state index is -0.418. The van der Waals surface area contributed by atoms with Crippen molar-refractivity contribution in [3.63, 3.8) is 0 Å². The van der Waals surface area contributed by atoms with Crippen LogP contribution >= 0.6 is 0 Å². The zero-order valence-electron chi connectivity index (χ0n) is 5.82. The third-order valence-electron chi connectivity index (χ3n) is 1.59. The molecule has 0 bridgehead atoms. The summed E-state index contributed by atoms with van der Waals surface area (Å²) in [5.74, 6) is 4.95. The molecule has 0 aromatic carbocycles. The van der Waals surface area contributed by atoms with Gasteiger partial charge in [-0.1, -0.05) is 0 Å². The van der Waals surface area contributed by atoms with Crippen molar-refractivity contribution in [2.45, 2.75) is 18.4 Å². The predicted molar refractivity (Wildman–Crippen MR) is 33.8 cm³/mol. The van der Waals surface area contributed by atoms with Crippen LogP contribution < -0.4 is 11.6 Å². The lowest BCUT2D eigenvalue weighted by Crippen LogP contribution is -2.40. The van der Waals surface area contributed by atoms with Crippen LogP contribution in [0, 0.1) is 0 Å². The second-order valence-electron chi connectivity index (χ2n) is 2.17. The summed E-state index contributed by atoms with van der Waals surface area (Å²) in [6, 6.07) is 0. The Kier molecular flexibility index (Phi) is 2.58. The first-order chi connectivity index (χ1) is 4.79. The zero-order chi connectivity index (χ0) is 7.56. The van der Waals surface area contributed by atoms with Gasteiger partial charge in [-0.15, -0.1) is 0 Å². The van der Waals surface area contributed by atoms with Gasteiger partial charge in [-0.2, -0.15) is 0 Å². The highest BCUT2D eigenvalue weighted by Gasteiger charge is 2.35. The van der Waals surface area contributed by atoms with Gasteiger partial charge in [0.15, 0.2) is 0 Å². The number of ether oxygens (including phenoxy) is 2. The summed E-state index contributed by atoms with van der Waals surface area (Å²) in [6.45, 7) is 0.399. The van der Waals surface area contributed by atoms with Gasteiger partial charge < -0.3 is 15.2 Å². The third kappa shape index (κ3) is 1.28. The van der Waals surface area contributed by atoms with Gasteiger partial charge in [0.1, 0.15) is 18.4 Å². The monoisotopic (exact) mass is 148 g/mol. The highest BCUT2D eigenvalue weighted by molar-refractivity contribution is 4.81. The Morgan fingerprint density at radius 2 is 2.30 bits per heavy atom. The molecule has 0 aromatic heterocycles. The second-order valence-corrected chi connectivity index (χ2v) is 2.17. The van der Waals surface area contributed by atoms with E-state index in [-0.39, 0.29) is 12.2 Å². The van der Waals surface area contributed by atoms with E-state index in [0.717, 1.165) is 0 Å². The molecule has 1 rings (SSSR count). The SMILES string of the molecule is COC1C(ON)CO[C@H]1N. The molecule has 0 aliphatic carbocycles. The van der Waals surface area contributed by atoms with Crippen molar-refractivity contribution in [2.75, 3.05) is 13.7 Å². The molecular formula is C5H12N2O3. The topological polar surface area (TPSA) is 79.7 Å². The summed E-state index contributed by atoms with van der Waals surface area (Å²) in [7, 11) is 1.55. The summed E-state index contributed by atoms with van der Waals surface area (Å²) in [5, 5.41) is 0. The molecule has 1 fully saturated rings. The minimum Gasteiger partial charge on any atom is -0.374 e. The van der Waals surface area contributed by atoms with E-state index >= 15 is 0 Å². The van der Waals surface area contributed by atoms with Crippen molar-refractivity contribution in [1.82, 2.24) is 0 Å². The first kappa shape index (κ1) is 7.90. The van der Waals surface area contributed by atoms with Crippen LogP contribution in [0.15, 0.2) is 0 Å². The smallest absolute Gasteiger partial charge is 0.134 e. The van der Waals surface area contributed by atoms with E-state index in [0.29, 0.717) is 6.61 Å². The number of hydrogen-bond acceptors (Lipinski definition) is 5. The van der Waals surface area contributed by atoms with Crippen molar-refractivity contribution in [3.05, 3.63) is 0 Å². The van der Waals surface area contributed by atoms with Crippen LogP contribution in [-0.2, 0) is 14.3 Å². The van der Waals surface area contributed by atoms with Gasteiger partial charge >= 0.3 is 0 Å². The average molecular weight is 148 g/mol. The Labute approximate surface area is 59.2 Å². The van der Waals surface area contributed by atoms with Gasteiger partial charge in [-0.3, -0.25) is 4.84 Å². The number of hydrogen-bond donors (Lipinski definition) is 2. The fourth-order valence-electron chi connectivity index (χ4n) is 1.01. The van der Waals surface area contributed by atoms with Crippen LogP contribution in [0.5, 0.6) is 0 Å². The van der Waals surface area contributed by atoms with Gasteiger partial charge in [0.2, 0.25) is 0 Å². The van der Waals surface area contributed by atoms with E-state index in [1.165, 1.54) is 0 Å². The third-order valence-corrected chi connectivity index (χ3v) is 1.59. The first-order valence-electron chi connectivity index (χ1n) is 3.05. The lowest BCUT2D eigenvalue weighted by Gasteiger charge is -2.15. The Morgan fingerprint density at radius 3 is 2.70 bits per heavy atom. The van der Waals surface area contributed by atoms with Crippen LogP contribution in [0.2, 0.25) is 0 Å². The Hall–Kier alpha value is -0.200. The van der Waals surface area contributed by atoms with Crippen LogP contribution in [0.3, 0.4) is 0 Å². The molecule has 60 valence electrons. The van der Waals surface area contributed by atoms with Crippen LogP contribution in [0.1, 0.15) is 0 Å². The summed E-state index contributed by atoms with van der Waals surface area (Å²) in [6.07, 6.45) is -0.899. The van der Waals surface area contributed by atoms with E-state index in [2.05, 4.69) is 4.84 Å². The zero-order valence-corrected chi connectivity index (χ0v) is 5.82. The molecule has 5 nitrogen and oxygen atoms in total. The lowest BCUT2D eigenvalue weighted by atomic mass is 10.2. The predicted octanol–water partition coefficient (Wildman–Crippen LogP) is -1.42. The maximum Gasteiger partial charge on any atom is 0.134 e. The van der Waals surface area contributed by atoms with Crippen molar-refractivity contribution in [3.8, 4) is 0 Å². The number of rotatable bonds is 2. The lowest BCUT2D eigenvalue weighted by molar-refractivity contribution is -0.0412. The molecule has 0 saturated carbocycles. The van der Waals surface area contributed by atoms with Crippen LogP contribution in [-0.4, -0.2) is 32.2 Å². The van der Waals surface area contributed by atoms with E-state index in [4.69, 9.17) is 21.1 Å². The van der Waals surface area contributed by atoms with E-state index in [9.17, 15) is 0 Å². The molecule has 4 N–H and O–H groups in total. The molecule has 1 saturated heterocycles. The summed E-state index contributed by atoms with van der Waals surface area (Å²) in [5.41, 5.74) is 5.47. The maximum atomic E-state index is 5.47. The highest BCUT2D eigenvalue weighted by Crippen LogP contribution is 2.14. The van der Waals surface area contributed by atoms with Gasteiger partial charge in [0, 0.05) is 7.11 Å². The van der Waals surface area contributed by atoms with E-state index in [1.807, 2.05) is 0 Å². The van der Waals surface area contributed by atoms with Crippen molar-refractivity contribution < 1.29 is 14.3 Å². The van der Waals surface area contributed by atoms with E-state index < -0.39 is 6.23 Å². The Balaban J connectivity index is 2.45. The number of nitrogens with two attached hydrogens (primary N) is 2. The molecule has 10 heavy (non-hydrogen) atoms. The van der Waals surface area contributed by atoms with Gasteiger partial charge in [-0.05, 0) is 0 Å². The van der Waals surface area contributed by atoms with Gasteiger partial charge in [0.05, 0.1) is 6.61 Å². The van der Waals surface area contributed by atoms with Crippen molar-refractivity contribution >= 4 is 0 Å². The summed E-state index contributed by atoms with van der Waals surface area (Å²) >= 11 is 0. The molecule has 0 amide bonds. The average Bonchev–Trinajstić information content (AvgIpc) is 2.30. The molecule has 3 atom stereocenters. The largest absolute Gasteiger partial charge is 0.374 e. The summed E-state index contributed by atoms with van der Waals surface area (Å²) < 4.78 is 9.98. The molecule has 2 unspecified atom stereocenters. The molecule has 0 radical (unpaired) electrons. The maximum absolute atomic E-state index is 5.47. The molecule has 1 aliphatic heterocycles. The quantitative estimate of drug-likeness (QED) is 0.469. The van der Waals surface area contributed by atoms with Gasteiger partial charge in [-0.25, -0.2) is 5.90 Å². The summed E-state index contributed by atoms with van der Waals surface area (Å²) in [4.78, 5) is 4.56. The fourth-order valence-corrected chi connectivity index (χ4v) is 1.01. The normalized spacial score (nSPS) is 40.5. The van der Waals surface area contributed by atoms with Crippen LogP contribution in [0.25, 0.3) is 0 Å². The van der Waals surface area contributed by atoms with Crippen LogP contribution in [0.4, 0.5) is 0 Å². The highest BCUT2D eigenvalue weighted by atomic mass is 16.7. The molecule has 1 heterocycles. The standard InChI is InChI=1S/C5H12N2O3/c1-8-4-3(10-7)2-9-5(4)6/h3-5H,2,6-7H2,1H3/t3?,4?,5-/m1/s1. The fraction of sp³-hybridized carbons (Fsp3) is 1.00. The molecular weight excluding hydrogens is 136 g/mol. The molecule has 0 spiro atoms. The molecule has 0 aromatic rings. The minimum absolute atomic E-state index is 0.236. The first-order valence-corrected chi connectivity index (χ1v) is 3.05.